The molecule has 1 aromatic carbocycles. The number of carbonyl (C=O) groups excluding carboxylic acids is 5. The Morgan fingerprint density at radius 3 is 2.61 bits per heavy atom. The van der Waals surface area contributed by atoms with Crippen molar-refractivity contribution < 1.29 is 33.4 Å². The van der Waals surface area contributed by atoms with E-state index in [1.54, 1.807) is 32.9 Å². The number of nitrogens with one attached hydrogen (secondary N) is 3. The maximum Gasteiger partial charge on any atom is 0.408 e. The molecule has 4 rings (SSSR count). The molecule has 3 N–H and O–H groups in total. The normalized spacial score (nSPS) is 23.7. The number of imide groups is 1. The van der Waals surface area contributed by atoms with E-state index in [2.05, 4.69) is 16.0 Å². The largest absolute Gasteiger partial charge is 0.444 e. The van der Waals surface area contributed by atoms with Crippen LogP contribution in [0.1, 0.15) is 74.4 Å². The Labute approximate surface area is 209 Å². The second-order valence-corrected chi connectivity index (χ2v) is 10.4. The van der Waals surface area contributed by atoms with Gasteiger partial charge in [-0.05, 0) is 63.6 Å². The fraction of sp³-hybridized carbons (Fsp3) is 0.560. The lowest BCUT2D eigenvalue weighted by Crippen LogP contribution is -2.52. The first-order valence-corrected chi connectivity index (χ1v) is 12.2. The maximum atomic E-state index is 12.8. The molecule has 2 aliphatic heterocycles. The van der Waals surface area contributed by atoms with Crippen molar-refractivity contribution in [2.24, 2.45) is 0 Å². The number of rotatable bonds is 5. The van der Waals surface area contributed by atoms with Gasteiger partial charge >= 0.3 is 12.2 Å². The molecule has 2 fully saturated rings. The molecule has 0 bridgehead atoms. The number of hydrogen-bond donors (Lipinski definition) is 3. The number of ether oxygens (including phenoxy) is 2. The zero-order valence-electron chi connectivity index (χ0n) is 20.7. The van der Waals surface area contributed by atoms with Crippen LogP contribution < -0.4 is 16.0 Å². The van der Waals surface area contributed by atoms with Crippen molar-refractivity contribution in [2.75, 3.05) is 0 Å². The van der Waals surface area contributed by atoms with Crippen LogP contribution in [0.5, 0.6) is 0 Å². The Morgan fingerprint density at radius 1 is 1.11 bits per heavy atom. The Hall–Kier alpha value is -3.63. The SMILES string of the molecule is CC(C)(C)OC(=O)N[C@H]1CCC[C@@H]1OC(=O)NCc1ccc2c(c1)CN(C1CCC(=O)NC1=O)C2=O. The van der Waals surface area contributed by atoms with Gasteiger partial charge in [0.05, 0.1) is 6.04 Å². The first kappa shape index (κ1) is 25.5. The lowest BCUT2D eigenvalue weighted by molar-refractivity contribution is -0.136. The van der Waals surface area contributed by atoms with Crippen LogP contribution in [0.25, 0.3) is 0 Å². The van der Waals surface area contributed by atoms with E-state index in [-0.39, 0.29) is 37.4 Å². The van der Waals surface area contributed by atoms with Crippen molar-refractivity contribution in [3.8, 4) is 0 Å². The Bertz CT molecular complexity index is 1080. The van der Waals surface area contributed by atoms with Crippen LogP contribution in [0.2, 0.25) is 0 Å². The third kappa shape index (κ3) is 5.95. The fourth-order valence-electron chi connectivity index (χ4n) is 4.78. The molecule has 1 saturated carbocycles. The average molecular weight is 501 g/mol. The van der Waals surface area contributed by atoms with Gasteiger partial charge in [-0.15, -0.1) is 0 Å². The summed E-state index contributed by atoms with van der Waals surface area (Å²) in [6.45, 7) is 5.80. The predicted octanol–water partition coefficient (Wildman–Crippen LogP) is 2.12. The van der Waals surface area contributed by atoms with Crippen LogP contribution in [0, 0.1) is 0 Å². The Morgan fingerprint density at radius 2 is 1.89 bits per heavy atom. The lowest BCUT2D eigenvalue weighted by atomic mass is 10.0. The summed E-state index contributed by atoms with van der Waals surface area (Å²) in [4.78, 5) is 62.4. The van der Waals surface area contributed by atoms with Crippen molar-refractivity contribution in [1.29, 1.82) is 0 Å². The first-order valence-electron chi connectivity index (χ1n) is 12.2. The van der Waals surface area contributed by atoms with Crippen LogP contribution in [0.15, 0.2) is 18.2 Å². The molecular weight excluding hydrogens is 468 g/mol. The summed E-state index contributed by atoms with van der Waals surface area (Å²) < 4.78 is 10.8. The minimum atomic E-state index is -0.673. The highest BCUT2D eigenvalue weighted by atomic mass is 16.6. The van der Waals surface area contributed by atoms with Gasteiger partial charge in [0.2, 0.25) is 11.8 Å². The van der Waals surface area contributed by atoms with Crippen LogP contribution >= 0.6 is 0 Å². The van der Waals surface area contributed by atoms with Crippen LogP contribution in [-0.2, 0) is 32.2 Å². The van der Waals surface area contributed by atoms with Crippen molar-refractivity contribution >= 4 is 29.9 Å². The number of piperidine rings is 1. The van der Waals surface area contributed by atoms with Crippen LogP contribution in [-0.4, -0.2) is 58.6 Å². The number of fused-ring (bicyclic) bond motifs is 1. The van der Waals surface area contributed by atoms with Gasteiger partial charge in [-0.1, -0.05) is 12.1 Å². The van der Waals surface area contributed by atoms with Gasteiger partial charge in [0.15, 0.2) is 0 Å². The molecule has 11 heteroatoms. The average Bonchev–Trinajstić information content (AvgIpc) is 3.34. The van der Waals surface area contributed by atoms with E-state index in [4.69, 9.17) is 9.47 Å². The zero-order chi connectivity index (χ0) is 26.0. The molecule has 5 amide bonds. The van der Waals surface area contributed by atoms with E-state index in [0.29, 0.717) is 24.8 Å². The maximum absolute atomic E-state index is 12.8. The Balaban J connectivity index is 1.29. The molecule has 1 aromatic rings. The van der Waals surface area contributed by atoms with Gasteiger partial charge in [0.25, 0.3) is 5.91 Å². The highest BCUT2D eigenvalue weighted by Gasteiger charge is 2.39. The van der Waals surface area contributed by atoms with Crippen LogP contribution in [0.3, 0.4) is 0 Å². The van der Waals surface area contributed by atoms with E-state index in [0.717, 1.165) is 17.5 Å². The second kappa shape index (κ2) is 10.2. The standard InChI is InChI=1S/C25H32N4O7/c1-25(2,3)36-24(34)27-17-5-4-6-19(17)35-23(33)26-12-14-7-8-16-15(11-14)13-29(22(16)32)18-9-10-20(30)28-21(18)31/h7-8,11,17-19H,4-6,9-10,12-13H2,1-3H3,(H,26,33)(H,27,34)(H,28,30,31)/t17-,18?,19-/m0/s1. The summed E-state index contributed by atoms with van der Waals surface area (Å²) in [5, 5.41) is 7.79. The molecule has 3 atom stereocenters. The minimum Gasteiger partial charge on any atom is -0.444 e. The van der Waals surface area contributed by atoms with Crippen molar-refractivity contribution in [2.45, 2.75) is 89.8 Å². The first-order chi connectivity index (χ1) is 17.0. The molecule has 3 aliphatic rings. The van der Waals surface area contributed by atoms with Gasteiger partial charge in [-0.2, -0.15) is 0 Å². The lowest BCUT2D eigenvalue weighted by Gasteiger charge is -2.29. The van der Waals surface area contributed by atoms with Crippen LogP contribution in [0.4, 0.5) is 9.59 Å². The number of hydrogen-bond acceptors (Lipinski definition) is 7. The minimum absolute atomic E-state index is 0.190. The summed E-state index contributed by atoms with van der Waals surface area (Å²) in [6, 6.07) is 4.27. The van der Waals surface area contributed by atoms with E-state index < -0.39 is 35.8 Å². The third-order valence-corrected chi connectivity index (χ3v) is 6.44. The summed E-state index contributed by atoms with van der Waals surface area (Å²) in [5.74, 6) is -1.03. The highest BCUT2D eigenvalue weighted by Crippen LogP contribution is 2.28. The van der Waals surface area contributed by atoms with Crippen molar-refractivity contribution in [3.05, 3.63) is 34.9 Å². The number of nitrogens with zero attached hydrogens (tertiary/aromatic N) is 1. The quantitative estimate of drug-likeness (QED) is 0.526. The molecule has 0 spiro atoms. The summed E-state index contributed by atoms with van der Waals surface area (Å²) in [6.07, 6.45) is 1.07. The third-order valence-electron chi connectivity index (χ3n) is 6.44. The highest BCUT2D eigenvalue weighted by molar-refractivity contribution is 6.05. The number of alkyl carbamates (subject to hydrolysis) is 2. The molecule has 36 heavy (non-hydrogen) atoms. The van der Waals surface area contributed by atoms with E-state index >= 15 is 0 Å². The summed E-state index contributed by atoms with van der Waals surface area (Å²) in [5.41, 5.74) is 1.43. The van der Waals surface area contributed by atoms with E-state index in [1.807, 2.05) is 6.07 Å². The molecule has 0 aromatic heterocycles. The summed E-state index contributed by atoms with van der Waals surface area (Å²) in [7, 11) is 0. The van der Waals surface area contributed by atoms with Gasteiger partial charge in [-0.25, -0.2) is 9.59 Å². The summed E-state index contributed by atoms with van der Waals surface area (Å²) >= 11 is 0. The number of benzene rings is 1. The van der Waals surface area contributed by atoms with E-state index in [9.17, 15) is 24.0 Å². The van der Waals surface area contributed by atoms with Crippen molar-refractivity contribution in [1.82, 2.24) is 20.9 Å². The topological polar surface area (TPSA) is 143 Å². The molecule has 1 unspecified atom stereocenters. The van der Waals surface area contributed by atoms with Gasteiger partial charge in [0, 0.05) is 25.1 Å². The molecule has 1 saturated heterocycles. The molecule has 1 aliphatic carbocycles. The van der Waals surface area contributed by atoms with Crippen molar-refractivity contribution in [3.63, 3.8) is 0 Å². The van der Waals surface area contributed by atoms with Gasteiger partial charge in [0.1, 0.15) is 17.7 Å². The molecule has 11 nitrogen and oxygen atoms in total. The second-order valence-electron chi connectivity index (χ2n) is 10.4. The monoisotopic (exact) mass is 500 g/mol. The van der Waals surface area contributed by atoms with Gasteiger partial charge in [-0.3, -0.25) is 19.7 Å². The molecule has 2 heterocycles. The smallest absolute Gasteiger partial charge is 0.408 e. The fourth-order valence-corrected chi connectivity index (χ4v) is 4.78. The predicted molar refractivity (Wildman–Crippen MR) is 127 cm³/mol. The van der Waals surface area contributed by atoms with E-state index in [1.165, 1.54) is 4.90 Å². The zero-order valence-corrected chi connectivity index (χ0v) is 20.7. The molecule has 0 radical (unpaired) electrons. The number of carbonyl (C=O) groups is 5. The molecule has 194 valence electrons. The Kier molecular flexibility index (Phi) is 7.18. The number of amides is 5. The molecular formula is C25H32N4O7. The van der Waals surface area contributed by atoms with Gasteiger partial charge < -0.3 is 25.0 Å².